The van der Waals surface area contributed by atoms with Crippen LogP contribution in [0.4, 0.5) is 0 Å². The summed E-state index contributed by atoms with van der Waals surface area (Å²) < 4.78 is 38.1. The van der Waals surface area contributed by atoms with Crippen LogP contribution in [0.1, 0.15) is 54.9 Å². The number of benzene rings is 2. The monoisotopic (exact) mass is 460 g/mol. The molecule has 0 bridgehead atoms. The van der Waals surface area contributed by atoms with E-state index in [0.717, 1.165) is 37.7 Å². The van der Waals surface area contributed by atoms with Gasteiger partial charge in [0.2, 0.25) is 10.0 Å². The number of nitrogens with one attached hydrogen (secondary N) is 1. The van der Waals surface area contributed by atoms with Crippen molar-refractivity contribution in [3.63, 3.8) is 0 Å². The van der Waals surface area contributed by atoms with Crippen molar-refractivity contribution >= 4 is 15.9 Å². The lowest BCUT2D eigenvalue weighted by atomic mass is 10.1. The van der Waals surface area contributed by atoms with Crippen LogP contribution in [0.3, 0.4) is 0 Å². The van der Waals surface area contributed by atoms with Crippen molar-refractivity contribution in [2.75, 3.05) is 26.8 Å². The van der Waals surface area contributed by atoms with Gasteiger partial charge in [0.1, 0.15) is 0 Å². The van der Waals surface area contributed by atoms with Crippen molar-refractivity contribution in [3.05, 3.63) is 53.6 Å². The Kier molecular flexibility index (Phi) is 8.53. The third kappa shape index (κ3) is 6.01. The van der Waals surface area contributed by atoms with Gasteiger partial charge in [0.15, 0.2) is 11.5 Å². The number of methoxy groups -OCH3 is 1. The number of unbranched alkanes of at least 4 members (excludes halogenated alkanes) is 1. The summed E-state index contributed by atoms with van der Waals surface area (Å²) in [7, 11) is -1.91. The second kappa shape index (κ2) is 11.3. The average Bonchev–Trinajstić information content (AvgIpc) is 2.83. The number of nitrogens with zero attached hydrogens (tertiary/aromatic N) is 1. The Bertz CT molecular complexity index is 1000. The van der Waals surface area contributed by atoms with Crippen molar-refractivity contribution in [3.8, 4) is 11.5 Å². The summed E-state index contributed by atoms with van der Waals surface area (Å²) in [6.07, 6.45) is 4.86. The summed E-state index contributed by atoms with van der Waals surface area (Å²) >= 11 is 0. The molecule has 8 heteroatoms. The molecule has 1 fully saturated rings. The maximum absolute atomic E-state index is 12.8. The van der Waals surface area contributed by atoms with Crippen LogP contribution < -0.4 is 14.8 Å². The lowest BCUT2D eigenvalue weighted by molar-refractivity contribution is 0.0950. The molecule has 3 rings (SSSR count). The van der Waals surface area contributed by atoms with E-state index in [9.17, 15) is 13.2 Å². The topological polar surface area (TPSA) is 84.9 Å². The first-order chi connectivity index (χ1) is 15.5. The molecule has 2 aromatic carbocycles. The number of carbonyl (C=O) groups excluding carboxylic acids is 1. The highest BCUT2D eigenvalue weighted by atomic mass is 32.2. The average molecular weight is 461 g/mol. The number of carbonyl (C=O) groups is 1. The van der Waals surface area contributed by atoms with Gasteiger partial charge in [-0.1, -0.05) is 31.9 Å². The van der Waals surface area contributed by atoms with Crippen LogP contribution in [0.5, 0.6) is 11.5 Å². The first kappa shape index (κ1) is 24.1. The van der Waals surface area contributed by atoms with Crippen LogP contribution in [0, 0.1) is 0 Å². The second-order valence-electron chi connectivity index (χ2n) is 7.86. The highest BCUT2D eigenvalue weighted by molar-refractivity contribution is 7.89. The van der Waals surface area contributed by atoms with E-state index in [1.165, 1.54) is 0 Å². The van der Waals surface area contributed by atoms with E-state index >= 15 is 0 Å². The van der Waals surface area contributed by atoms with Gasteiger partial charge in [-0.3, -0.25) is 4.79 Å². The van der Waals surface area contributed by atoms with E-state index in [0.29, 0.717) is 43.3 Å². The van der Waals surface area contributed by atoms with Crippen molar-refractivity contribution in [1.82, 2.24) is 9.62 Å². The SMILES string of the molecule is CCCCOc1ccc(C(=O)NCc2ccc(S(=O)(=O)N3CCCCC3)cc2)cc1OC. The summed E-state index contributed by atoms with van der Waals surface area (Å²) in [4.78, 5) is 12.9. The lowest BCUT2D eigenvalue weighted by Gasteiger charge is -2.25. The third-order valence-electron chi connectivity index (χ3n) is 5.51. The van der Waals surface area contributed by atoms with Gasteiger partial charge in [-0.2, -0.15) is 4.31 Å². The Morgan fingerprint density at radius 3 is 2.41 bits per heavy atom. The van der Waals surface area contributed by atoms with Gasteiger partial charge in [-0.05, 0) is 55.2 Å². The zero-order chi connectivity index (χ0) is 23.0. The molecule has 0 aliphatic carbocycles. The Morgan fingerprint density at radius 1 is 1.03 bits per heavy atom. The Balaban J connectivity index is 1.60. The van der Waals surface area contributed by atoms with Crippen LogP contribution in [0.15, 0.2) is 47.4 Å². The van der Waals surface area contributed by atoms with Crippen LogP contribution in [0.2, 0.25) is 0 Å². The van der Waals surface area contributed by atoms with Crippen molar-refractivity contribution in [2.45, 2.75) is 50.5 Å². The number of sulfonamides is 1. The molecule has 1 aliphatic rings. The Labute approximate surface area is 190 Å². The third-order valence-corrected chi connectivity index (χ3v) is 7.42. The number of hydrogen-bond donors (Lipinski definition) is 1. The van der Waals surface area contributed by atoms with E-state index in [-0.39, 0.29) is 10.8 Å². The summed E-state index contributed by atoms with van der Waals surface area (Å²) in [5.41, 5.74) is 1.29. The highest BCUT2D eigenvalue weighted by Crippen LogP contribution is 2.28. The molecule has 1 heterocycles. The minimum absolute atomic E-state index is 0.242. The van der Waals surface area contributed by atoms with Crippen molar-refractivity contribution in [1.29, 1.82) is 0 Å². The first-order valence-electron chi connectivity index (χ1n) is 11.1. The summed E-state index contributed by atoms with van der Waals surface area (Å²) in [5, 5.41) is 2.86. The predicted molar refractivity (Wildman–Crippen MR) is 124 cm³/mol. The second-order valence-corrected chi connectivity index (χ2v) is 9.80. The zero-order valence-corrected chi connectivity index (χ0v) is 19.6. The number of amides is 1. The number of rotatable bonds is 10. The molecule has 32 heavy (non-hydrogen) atoms. The minimum Gasteiger partial charge on any atom is -0.493 e. The molecular formula is C24H32N2O5S. The van der Waals surface area contributed by atoms with Gasteiger partial charge in [-0.15, -0.1) is 0 Å². The fourth-order valence-electron chi connectivity index (χ4n) is 3.57. The van der Waals surface area contributed by atoms with Gasteiger partial charge in [-0.25, -0.2) is 8.42 Å². The number of piperidine rings is 1. The molecule has 0 spiro atoms. The Morgan fingerprint density at radius 2 is 1.75 bits per heavy atom. The van der Waals surface area contributed by atoms with Crippen molar-refractivity contribution in [2.24, 2.45) is 0 Å². The standard InChI is InChI=1S/C24H32N2O5S/c1-3-4-16-31-22-13-10-20(17-23(22)30-2)24(27)25-18-19-8-11-21(12-9-19)32(28,29)26-14-6-5-7-15-26/h8-13,17H,3-7,14-16,18H2,1-2H3,(H,25,27). The van der Waals surface area contributed by atoms with Gasteiger partial charge in [0, 0.05) is 25.2 Å². The normalized spacial score (nSPS) is 14.7. The largest absolute Gasteiger partial charge is 0.493 e. The van der Waals surface area contributed by atoms with Crippen LogP contribution >= 0.6 is 0 Å². The summed E-state index contributed by atoms with van der Waals surface area (Å²) in [6.45, 7) is 4.13. The molecule has 0 aromatic heterocycles. The summed E-state index contributed by atoms with van der Waals surface area (Å²) in [6, 6.07) is 11.8. The predicted octanol–water partition coefficient (Wildman–Crippen LogP) is 3.98. The van der Waals surface area contributed by atoms with Crippen LogP contribution in [0.25, 0.3) is 0 Å². The van der Waals surface area contributed by atoms with Gasteiger partial charge in [0.25, 0.3) is 5.91 Å². The molecule has 1 amide bonds. The van der Waals surface area contributed by atoms with E-state index in [1.807, 2.05) is 0 Å². The van der Waals surface area contributed by atoms with Crippen LogP contribution in [-0.2, 0) is 16.6 Å². The zero-order valence-electron chi connectivity index (χ0n) is 18.8. The van der Waals surface area contributed by atoms with Gasteiger partial charge < -0.3 is 14.8 Å². The molecule has 1 saturated heterocycles. The fourth-order valence-corrected chi connectivity index (χ4v) is 5.09. The molecule has 0 atom stereocenters. The fraction of sp³-hybridized carbons (Fsp3) is 0.458. The van der Waals surface area contributed by atoms with Gasteiger partial charge >= 0.3 is 0 Å². The van der Waals surface area contributed by atoms with Gasteiger partial charge in [0.05, 0.1) is 18.6 Å². The minimum atomic E-state index is -3.45. The molecule has 1 N–H and O–H groups in total. The maximum atomic E-state index is 12.8. The maximum Gasteiger partial charge on any atom is 0.251 e. The molecule has 0 radical (unpaired) electrons. The molecule has 174 valence electrons. The van der Waals surface area contributed by atoms with E-state index < -0.39 is 10.0 Å². The molecule has 1 aliphatic heterocycles. The van der Waals surface area contributed by atoms with Crippen LogP contribution in [-0.4, -0.2) is 45.4 Å². The molecule has 2 aromatic rings. The number of ether oxygens (including phenoxy) is 2. The Hall–Kier alpha value is -2.58. The quantitative estimate of drug-likeness (QED) is 0.542. The molecular weight excluding hydrogens is 428 g/mol. The van der Waals surface area contributed by atoms with E-state index in [4.69, 9.17) is 9.47 Å². The molecule has 0 saturated carbocycles. The molecule has 0 unspecified atom stereocenters. The smallest absolute Gasteiger partial charge is 0.251 e. The van der Waals surface area contributed by atoms with E-state index in [1.54, 1.807) is 53.9 Å². The highest BCUT2D eigenvalue weighted by Gasteiger charge is 2.25. The van der Waals surface area contributed by atoms with Crippen molar-refractivity contribution < 1.29 is 22.7 Å². The van der Waals surface area contributed by atoms with E-state index in [2.05, 4.69) is 12.2 Å². The number of hydrogen-bond acceptors (Lipinski definition) is 5. The summed E-state index contributed by atoms with van der Waals surface area (Å²) in [5.74, 6) is 0.887. The first-order valence-corrected chi connectivity index (χ1v) is 12.6. The molecule has 7 nitrogen and oxygen atoms in total. The lowest BCUT2D eigenvalue weighted by Crippen LogP contribution is -2.35.